The fourth-order valence-corrected chi connectivity index (χ4v) is 3.27. The average molecular weight is 410 g/mol. The van der Waals surface area contributed by atoms with Crippen LogP contribution < -0.4 is 5.32 Å². The molecule has 0 aliphatic heterocycles. The summed E-state index contributed by atoms with van der Waals surface area (Å²) in [6.45, 7) is 2.60. The van der Waals surface area contributed by atoms with Gasteiger partial charge in [-0.05, 0) is 42.3 Å². The van der Waals surface area contributed by atoms with Crippen LogP contribution in [-0.2, 0) is 16.1 Å². The zero-order valence-corrected chi connectivity index (χ0v) is 17.2. The number of nitrogens with zero attached hydrogens (tertiary/aromatic N) is 3. The highest BCUT2D eigenvalue weighted by molar-refractivity contribution is 6.02. The lowest BCUT2D eigenvalue weighted by molar-refractivity contribution is -0.137. The van der Waals surface area contributed by atoms with E-state index in [1.807, 2.05) is 48.5 Å². The third kappa shape index (κ3) is 4.93. The van der Waals surface area contributed by atoms with Crippen molar-refractivity contribution in [2.45, 2.75) is 13.5 Å². The molecule has 0 unspecified atom stereocenters. The molecule has 4 aromatic rings. The predicted octanol–water partition coefficient (Wildman–Crippen LogP) is 4.88. The predicted molar refractivity (Wildman–Crippen MR) is 122 cm³/mol. The van der Waals surface area contributed by atoms with Crippen LogP contribution in [-0.4, -0.2) is 27.5 Å². The molecule has 1 N–H and O–H groups in total. The number of rotatable bonds is 7. The molecule has 2 aromatic carbocycles. The Labute approximate surface area is 180 Å². The van der Waals surface area contributed by atoms with E-state index in [4.69, 9.17) is 4.74 Å². The number of carbonyl (C=O) groups is 1. The molecule has 2 aromatic heterocycles. The highest BCUT2D eigenvalue weighted by atomic mass is 16.5. The molecular formula is C25H22N4O2. The molecule has 0 aliphatic carbocycles. The first-order chi connectivity index (χ1) is 15.2. The molecular weight excluding hydrogens is 388 g/mol. The number of carbonyl (C=O) groups excluding carboxylic acids is 1. The summed E-state index contributed by atoms with van der Waals surface area (Å²) in [5.74, 6) is 0.681. The Bertz CT molecular complexity index is 1210. The maximum Gasteiger partial charge on any atom is 0.330 e. The van der Waals surface area contributed by atoms with E-state index in [2.05, 4.69) is 38.5 Å². The Kier molecular flexibility index (Phi) is 6.28. The van der Waals surface area contributed by atoms with E-state index in [0.29, 0.717) is 24.8 Å². The van der Waals surface area contributed by atoms with Crippen LogP contribution in [0.1, 0.15) is 18.4 Å². The second kappa shape index (κ2) is 9.63. The maximum atomic E-state index is 11.7. The standard InChI is InChI=1S/C25H22N4O2/c1-2-31-23(30)15-14-22-28-21-13-8-12-20(18-9-4-3-5-10-18)24(21)25(29-22)27-17-19-11-6-7-16-26-19/h3-16H,2,17H2,1H3,(H,27,28,29). The summed E-state index contributed by atoms with van der Waals surface area (Å²) in [7, 11) is 0. The van der Waals surface area contributed by atoms with E-state index < -0.39 is 5.97 Å². The monoisotopic (exact) mass is 410 g/mol. The summed E-state index contributed by atoms with van der Waals surface area (Å²) in [6.07, 6.45) is 4.67. The maximum absolute atomic E-state index is 11.7. The van der Waals surface area contributed by atoms with Gasteiger partial charge in [0, 0.05) is 12.3 Å². The van der Waals surface area contributed by atoms with Gasteiger partial charge in [-0.2, -0.15) is 0 Å². The molecule has 6 heteroatoms. The Hall–Kier alpha value is -4.06. The number of nitrogens with one attached hydrogen (secondary N) is 1. The van der Waals surface area contributed by atoms with Crippen LogP contribution in [0.2, 0.25) is 0 Å². The minimum Gasteiger partial charge on any atom is -0.463 e. The van der Waals surface area contributed by atoms with Crippen molar-refractivity contribution in [2.24, 2.45) is 0 Å². The van der Waals surface area contributed by atoms with Gasteiger partial charge in [0.05, 0.1) is 29.7 Å². The summed E-state index contributed by atoms with van der Waals surface area (Å²) in [5.41, 5.74) is 3.79. The molecule has 0 atom stereocenters. The van der Waals surface area contributed by atoms with Crippen LogP contribution in [0.25, 0.3) is 28.1 Å². The summed E-state index contributed by atoms with van der Waals surface area (Å²) in [4.78, 5) is 25.4. The number of hydrogen-bond donors (Lipinski definition) is 1. The van der Waals surface area contributed by atoms with Gasteiger partial charge in [-0.1, -0.05) is 48.5 Å². The molecule has 0 fully saturated rings. The van der Waals surface area contributed by atoms with Crippen LogP contribution in [0.15, 0.2) is 79.0 Å². The Morgan fingerprint density at radius 3 is 2.61 bits per heavy atom. The fourth-order valence-electron chi connectivity index (χ4n) is 3.27. The van der Waals surface area contributed by atoms with E-state index in [9.17, 15) is 4.79 Å². The van der Waals surface area contributed by atoms with Gasteiger partial charge in [0.15, 0.2) is 5.82 Å². The molecule has 0 amide bonds. The van der Waals surface area contributed by atoms with Crippen molar-refractivity contribution in [1.82, 2.24) is 15.0 Å². The largest absolute Gasteiger partial charge is 0.463 e. The topological polar surface area (TPSA) is 77.0 Å². The molecule has 0 spiro atoms. The minimum absolute atomic E-state index is 0.319. The molecule has 0 radical (unpaired) electrons. The van der Waals surface area contributed by atoms with E-state index in [1.165, 1.54) is 6.08 Å². The lowest BCUT2D eigenvalue weighted by Gasteiger charge is -2.13. The summed E-state index contributed by atoms with van der Waals surface area (Å²) in [5, 5.41) is 4.32. The van der Waals surface area contributed by atoms with Crippen molar-refractivity contribution < 1.29 is 9.53 Å². The summed E-state index contributed by atoms with van der Waals surface area (Å²) >= 11 is 0. The number of hydrogen-bond acceptors (Lipinski definition) is 6. The second-order valence-corrected chi connectivity index (χ2v) is 6.76. The van der Waals surface area contributed by atoms with E-state index >= 15 is 0 Å². The van der Waals surface area contributed by atoms with Crippen LogP contribution in [0, 0.1) is 0 Å². The van der Waals surface area contributed by atoms with Crippen molar-refractivity contribution in [1.29, 1.82) is 0 Å². The lowest BCUT2D eigenvalue weighted by atomic mass is 10.0. The SMILES string of the molecule is CCOC(=O)C=Cc1nc(NCc2ccccn2)c2c(-c3ccccc3)cccc2n1. The third-order valence-electron chi connectivity index (χ3n) is 4.64. The van der Waals surface area contributed by atoms with Crippen LogP contribution in [0.4, 0.5) is 5.82 Å². The highest BCUT2D eigenvalue weighted by Crippen LogP contribution is 2.32. The molecule has 0 bridgehead atoms. The van der Waals surface area contributed by atoms with E-state index in [1.54, 1.807) is 19.2 Å². The number of aromatic nitrogens is 3. The molecule has 4 rings (SSSR count). The van der Waals surface area contributed by atoms with Crippen LogP contribution in [0.5, 0.6) is 0 Å². The fraction of sp³-hybridized carbons (Fsp3) is 0.120. The van der Waals surface area contributed by atoms with Crippen LogP contribution in [0.3, 0.4) is 0 Å². The first-order valence-electron chi connectivity index (χ1n) is 10.1. The molecule has 0 aliphatic rings. The van der Waals surface area contributed by atoms with Crippen molar-refractivity contribution in [3.8, 4) is 11.1 Å². The minimum atomic E-state index is -0.424. The van der Waals surface area contributed by atoms with Gasteiger partial charge in [-0.15, -0.1) is 0 Å². The summed E-state index contributed by atoms with van der Waals surface area (Å²) < 4.78 is 4.96. The van der Waals surface area contributed by atoms with Crippen molar-refractivity contribution >= 4 is 28.8 Å². The first kappa shape index (κ1) is 20.2. The van der Waals surface area contributed by atoms with Gasteiger partial charge in [0.25, 0.3) is 0 Å². The number of pyridine rings is 1. The van der Waals surface area contributed by atoms with Gasteiger partial charge in [-0.3, -0.25) is 4.98 Å². The first-order valence-corrected chi connectivity index (χ1v) is 10.1. The summed E-state index contributed by atoms with van der Waals surface area (Å²) in [6, 6.07) is 21.9. The number of ether oxygens (including phenoxy) is 1. The third-order valence-corrected chi connectivity index (χ3v) is 4.64. The van der Waals surface area contributed by atoms with E-state index in [-0.39, 0.29) is 0 Å². The van der Waals surface area contributed by atoms with Crippen LogP contribution >= 0.6 is 0 Å². The Morgan fingerprint density at radius 1 is 1.00 bits per heavy atom. The number of anilines is 1. The number of esters is 1. The van der Waals surface area contributed by atoms with Crippen molar-refractivity contribution in [3.63, 3.8) is 0 Å². The van der Waals surface area contributed by atoms with Gasteiger partial charge in [-0.25, -0.2) is 14.8 Å². The van der Waals surface area contributed by atoms with E-state index in [0.717, 1.165) is 27.7 Å². The Balaban J connectivity index is 1.79. The molecule has 0 saturated heterocycles. The molecule has 2 heterocycles. The molecule has 154 valence electrons. The van der Waals surface area contributed by atoms with Gasteiger partial charge in [0.1, 0.15) is 5.82 Å². The number of fused-ring (bicyclic) bond motifs is 1. The zero-order valence-electron chi connectivity index (χ0n) is 17.2. The lowest BCUT2D eigenvalue weighted by Crippen LogP contribution is -2.06. The van der Waals surface area contributed by atoms with Gasteiger partial charge < -0.3 is 10.1 Å². The highest BCUT2D eigenvalue weighted by Gasteiger charge is 2.13. The number of benzene rings is 2. The molecule has 0 saturated carbocycles. The van der Waals surface area contributed by atoms with Crippen molar-refractivity contribution in [3.05, 3.63) is 90.5 Å². The van der Waals surface area contributed by atoms with Gasteiger partial charge >= 0.3 is 5.97 Å². The van der Waals surface area contributed by atoms with Gasteiger partial charge in [0.2, 0.25) is 0 Å². The Morgan fingerprint density at radius 2 is 1.84 bits per heavy atom. The zero-order chi connectivity index (χ0) is 21.5. The van der Waals surface area contributed by atoms with Crippen molar-refractivity contribution in [2.75, 3.05) is 11.9 Å². The normalized spacial score (nSPS) is 11.0. The average Bonchev–Trinajstić information content (AvgIpc) is 2.82. The molecule has 6 nitrogen and oxygen atoms in total. The molecule has 31 heavy (non-hydrogen) atoms. The quantitative estimate of drug-likeness (QED) is 0.346. The second-order valence-electron chi connectivity index (χ2n) is 6.76. The smallest absolute Gasteiger partial charge is 0.330 e.